The number of rotatable bonds is 0. The molecule has 3 aromatic rings. The maximum absolute atomic E-state index is 4.35. The number of hydrogen-bond donors (Lipinski definition) is 0. The Balaban J connectivity index is 0.000000853. The fraction of sp³-hybridized carbons (Fsp3) is 0. The Labute approximate surface area is 101 Å². The monoisotopic (exact) mass is 373 g/mol. The first-order valence-electron chi connectivity index (χ1n) is 4.53. The zero-order valence-corrected chi connectivity index (χ0v) is 10.2. The van der Waals surface area contributed by atoms with Crippen LogP contribution in [0.2, 0.25) is 0 Å². The summed E-state index contributed by atoms with van der Waals surface area (Å²) in [5.74, 6) is 0. The van der Waals surface area contributed by atoms with Crippen LogP contribution in [0, 0.1) is 0 Å². The van der Waals surface area contributed by atoms with Gasteiger partial charge in [-0.15, -0.1) is 0 Å². The fourth-order valence-corrected chi connectivity index (χ4v) is 1.68. The summed E-state index contributed by atoms with van der Waals surface area (Å²) in [4.78, 5) is 8.69. The van der Waals surface area contributed by atoms with E-state index >= 15 is 0 Å². The van der Waals surface area contributed by atoms with Gasteiger partial charge in [-0.25, -0.2) is 0 Å². The Bertz CT molecular complexity index is 553. The van der Waals surface area contributed by atoms with Crippen molar-refractivity contribution in [3.05, 3.63) is 48.8 Å². The van der Waals surface area contributed by atoms with Crippen molar-refractivity contribution in [2.45, 2.75) is 0 Å². The molecule has 3 heteroatoms. The van der Waals surface area contributed by atoms with Crippen molar-refractivity contribution in [3.8, 4) is 0 Å². The van der Waals surface area contributed by atoms with Crippen molar-refractivity contribution < 1.29 is 20.1 Å². The van der Waals surface area contributed by atoms with Crippen molar-refractivity contribution in [2.75, 3.05) is 0 Å². The summed E-state index contributed by atoms with van der Waals surface area (Å²) in [5, 5.41) is 2.28. The average Bonchev–Trinajstić information content (AvgIpc) is 2.29. The van der Waals surface area contributed by atoms with Crippen LogP contribution in [-0.4, -0.2) is 9.97 Å². The Morgan fingerprint density at radius 1 is 0.667 bits per heavy atom. The first-order valence-corrected chi connectivity index (χ1v) is 4.53. The molecule has 3 rings (SSSR count). The largest absolute Gasteiger partial charge is 1.00 e. The van der Waals surface area contributed by atoms with Crippen LogP contribution in [0.15, 0.2) is 48.8 Å². The third-order valence-corrected chi connectivity index (χ3v) is 2.34. The van der Waals surface area contributed by atoms with Gasteiger partial charge in [-0.2, -0.15) is 0 Å². The first kappa shape index (κ1) is 10.2. The number of aromatic nitrogens is 2. The van der Waals surface area contributed by atoms with Gasteiger partial charge in [0.2, 0.25) is 0 Å². The van der Waals surface area contributed by atoms with Gasteiger partial charge >= 0.3 is 20.1 Å². The minimum absolute atomic E-state index is 0. The Kier molecular flexibility index (Phi) is 2.76. The quantitative estimate of drug-likeness (QED) is 0.567. The van der Waals surface area contributed by atoms with Crippen molar-refractivity contribution in [2.24, 2.45) is 0 Å². The summed E-state index contributed by atoms with van der Waals surface area (Å²) in [6.45, 7) is 0. The third-order valence-electron chi connectivity index (χ3n) is 2.34. The summed E-state index contributed by atoms with van der Waals surface area (Å²) in [5.41, 5.74) is 1.95. The van der Waals surface area contributed by atoms with Gasteiger partial charge in [0.15, 0.2) is 0 Å². The van der Waals surface area contributed by atoms with Gasteiger partial charge in [0.05, 0.1) is 11.0 Å². The molecule has 0 aliphatic heterocycles. The molecule has 0 aliphatic carbocycles. The molecule has 0 amide bonds. The summed E-state index contributed by atoms with van der Waals surface area (Å²) in [7, 11) is 0. The second-order valence-electron chi connectivity index (χ2n) is 3.22. The Morgan fingerprint density at radius 3 is 1.60 bits per heavy atom. The zero-order valence-electron chi connectivity index (χ0n) is 7.85. The predicted molar refractivity (Wildman–Crippen MR) is 57.0 cm³/mol. The van der Waals surface area contributed by atoms with E-state index in [4.69, 9.17) is 0 Å². The van der Waals surface area contributed by atoms with E-state index in [1.807, 2.05) is 12.1 Å². The number of nitrogens with zero attached hydrogens (tertiary/aromatic N) is 2. The Hall–Kier alpha value is -1.31. The second-order valence-corrected chi connectivity index (χ2v) is 3.22. The molecule has 0 saturated carbocycles. The van der Waals surface area contributed by atoms with Crippen LogP contribution in [-0.2, 0) is 20.1 Å². The summed E-state index contributed by atoms with van der Waals surface area (Å²) in [6.07, 6.45) is 3.60. The van der Waals surface area contributed by atoms with E-state index in [0.717, 1.165) is 21.8 Å². The van der Waals surface area contributed by atoms with Crippen molar-refractivity contribution in [1.29, 1.82) is 0 Å². The molecule has 2 heterocycles. The molecule has 1 aromatic carbocycles. The van der Waals surface area contributed by atoms with Crippen molar-refractivity contribution >= 4 is 21.8 Å². The molecule has 0 aliphatic rings. The molecule has 15 heavy (non-hydrogen) atoms. The normalized spacial score (nSPS) is 10.1. The first-order chi connectivity index (χ1) is 6.95. The maximum Gasteiger partial charge on any atom is 1.00 e. The van der Waals surface area contributed by atoms with Gasteiger partial charge < -0.3 is 0 Å². The third kappa shape index (κ3) is 1.64. The van der Waals surface area contributed by atoms with E-state index < -0.39 is 0 Å². The van der Waals surface area contributed by atoms with Gasteiger partial charge in [-0.3, -0.25) is 9.97 Å². The molecule has 0 bridgehead atoms. The molecule has 0 radical (unpaired) electrons. The van der Waals surface area contributed by atoms with E-state index in [9.17, 15) is 0 Å². The van der Waals surface area contributed by atoms with Crippen LogP contribution in [0.5, 0.6) is 0 Å². The van der Waals surface area contributed by atoms with Gasteiger partial charge in [0, 0.05) is 23.2 Å². The minimum Gasteiger partial charge on any atom is -0.254 e. The standard InChI is InChI=1S/C12H8N2.Ir/c1-3-9-5-6-10-4-2-8-14-12(10)11(9)13-7-1;/h1-8H;/q;+1. The van der Waals surface area contributed by atoms with E-state index in [-0.39, 0.29) is 20.1 Å². The molecule has 0 spiro atoms. The molecular weight excluding hydrogens is 364 g/mol. The van der Waals surface area contributed by atoms with E-state index in [0.29, 0.717) is 0 Å². The topological polar surface area (TPSA) is 25.8 Å². The van der Waals surface area contributed by atoms with Crippen molar-refractivity contribution in [1.82, 2.24) is 9.97 Å². The van der Waals surface area contributed by atoms with E-state index in [2.05, 4.69) is 34.2 Å². The Morgan fingerprint density at radius 2 is 1.13 bits per heavy atom. The molecule has 2 aromatic heterocycles. The number of benzene rings is 1. The van der Waals surface area contributed by atoms with Crippen LogP contribution >= 0.6 is 0 Å². The van der Waals surface area contributed by atoms with Gasteiger partial charge in [0.1, 0.15) is 0 Å². The van der Waals surface area contributed by atoms with Crippen LogP contribution in [0.4, 0.5) is 0 Å². The molecule has 0 unspecified atom stereocenters. The zero-order chi connectivity index (χ0) is 9.38. The molecule has 0 atom stereocenters. The SMILES string of the molecule is [Ir+].c1cnc2c(c1)ccc1cccnc12. The van der Waals surface area contributed by atoms with Crippen LogP contribution in [0.3, 0.4) is 0 Å². The predicted octanol–water partition coefficient (Wildman–Crippen LogP) is 2.78. The molecule has 0 fully saturated rings. The van der Waals surface area contributed by atoms with Crippen LogP contribution < -0.4 is 0 Å². The molecule has 2 nitrogen and oxygen atoms in total. The van der Waals surface area contributed by atoms with Gasteiger partial charge in [-0.1, -0.05) is 24.3 Å². The molecule has 0 saturated heterocycles. The number of hydrogen-bond acceptors (Lipinski definition) is 2. The summed E-state index contributed by atoms with van der Waals surface area (Å²) < 4.78 is 0. The molecular formula is C12H8IrN2+. The number of fused-ring (bicyclic) bond motifs is 3. The van der Waals surface area contributed by atoms with E-state index in [1.54, 1.807) is 12.4 Å². The van der Waals surface area contributed by atoms with Gasteiger partial charge in [0.25, 0.3) is 0 Å². The minimum atomic E-state index is 0. The van der Waals surface area contributed by atoms with Gasteiger partial charge in [-0.05, 0) is 12.1 Å². The summed E-state index contributed by atoms with van der Waals surface area (Å²) >= 11 is 0. The smallest absolute Gasteiger partial charge is 0.254 e. The van der Waals surface area contributed by atoms with E-state index in [1.165, 1.54) is 0 Å². The van der Waals surface area contributed by atoms with Crippen molar-refractivity contribution in [3.63, 3.8) is 0 Å². The number of pyridine rings is 2. The molecule has 74 valence electrons. The average molecular weight is 372 g/mol. The van der Waals surface area contributed by atoms with Crippen LogP contribution in [0.25, 0.3) is 21.8 Å². The summed E-state index contributed by atoms with van der Waals surface area (Å²) in [6, 6.07) is 12.1. The maximum atomic E-state index is 4.35. The fourth-order valence-electron chi connectivity index (χ4n) is 1.68. The van der Waals surface area contributed by atoms with Crippen LogP contribution in [0.1, 0.15) is 0 Å². The molecule has 0 N–H and O–H groups in total. The second kappa shape index (κ2) is 4.05.